The second-order valence-electron chi connectivity index (χ2n) is 4.30. The maximum absolute atomic E-state index is 9.37. The van der Waals surface area contributed by atoms with Crippen molar-refractivity contribution in [1.82, 2.24) is 0 Å². The van der Waals surface area contributed by atoms with Gasteiger partial charge in [-0.05, 0) is 24.6 Å². The second kappa shape index (κ2) is 5.85. The molecule has 1 aromatic carbocycles. The molecular formula is C13H17BrO3. The molecule has 0 spiro atoms. The summed E-state index contributed by atoms with van der Waals surface area (Å²) in [5.41, 5.74) is 1.89. The number of ether oxygens (including phenoxy) is 2. The maximum atomic E-state index is 9.37. The largest absolute Gasteiger partial charge is 0.490 e. The lowest BCUT2D eigenvalue weighted by Gasteiger charge is -2.25. The summed E-state index contributed by atoms with van der Waals surface area (Å²) >= 11 is 3.43. The van der Waals surface area contributed by atoms with Gasteiger partial charge in [-0.15, -0.1) is 0 Å². The first-order valence-electron chi connectivity index (χ1n) is 5.85. The Morgan fingerprint density at radius 1 is 1.41 bits per heavy atom. The molecule has 1 N–H and O–H groups in total. The van der Waals surface area contributed by atoms with Gasteiger partial charge in [0.2, 0.25) is 0 Å². The fourth-order valence-electron chi connectivity index (χ4n) is 2.05. The first-order valence-corrected chi connectivity index (χ1v) is 6.64. The van der Waals surface area contributed by atoms with Crippen molar-refractivity contribution in [2.45, 2.75) is 32.5 Å². The molecular weight excluding hydrogens is 284 g/mol. The van der Waals surface area contributed by atoms with E-state index in [2.05, 4.69) is 15.9 Å². The average Bonchev–Trinajstić information content (AvgIpc) is 2.33. The van der Waals surface area contributed by atoms with Gasteiger partial charge < -0.3 is 14.6 Å². The van der Waals surface area contributed by atoms with Gasteiger partial charge in [0.05, 0.1) is 19.8 Å². The van der Waals surface area contributed by atoms with Gasteiger partial charge in [0, 0.05) is 22.9 Å². The Balaban J connectivity index is 2.18. The quantitative estimate of drug-likeness (QED) is 0.933. The van der Waals surface area contributed by atoms with Gasteiger partial charge in [0.1, 0.15) is 11.9 Å². The molecule has 0 saturated carbocycles. The third-order valence-electron chi connectivity index (χ3n) is 2.94. The molecule has 1 fully saturated rings. The van der Waals surface area contributed by atoms with E-state index in [9.17, 15) is 5.11 Å². The Morgan fingerprint density at radius 2 is 2.12 bits per heavy atom. The molecule has 3 nitrogen and oxygen atoms in total. The van der Waals surface area contributed by atoms with Crippen molar-refractivity contribution in [3.63, 3.8) is 0 Å². The van der Waals surface area contributed by atoms with Gasteiger partial charge in [-0.3, -0.25) is 0 Å². The van der Waals surface area contributed by atoms with Crippen molar-refractivity contribution in [2.75, 3.05) is 13.2 Å². The molecule has 0 unspecified atom stereocenters. The minimum Gasteiger partial charge on any atom is -0.490 e. The van der Waals surface area contributed by atoms with Crippen molar-refractivity contribution in [1.29, 1.82) is 0 Å². The molecule has 0 bridgehead atoms. The zero-order valence-electron chi connectivity index (χ0n) is 9.91. The van der Waals surface area contributed by atoms with Crippen molar-refractivity contribution < 1.29 is 14.6 Å². The van der Waals surface area contributed by atoms with Gasteiger partial charge in [-0.25, -0.2) is 0 Å². The fraction of sp³-hybridized carbons (Fsp3) is 0.538. The highest BCUT2D eigenvalue weighted by atomic mass is 79.9. The number of halogens is 1. The molecule has 94 valence electrons. The molecule has 0 amide bonds. The summed E-state index contributed by atoms with van der Waals surface area (Å²) in [6.07, 6.45) is 2.04. The van der Waals surface area contributed by atoms with Gasteiger partial charge >= 0.3 is 0 Å². The number of hydrogen-bond donors (Lipinski definition) is 1. The predicted octanol–water partition coefficient (Wildman–Crippen LogP) is 2.81. The average molecular weight is 301 g/mol. The number of rotatable bonds is 3. The number of aryl methyl sites for hydroxylation is 1. The maximum Gasteiger partial charge on any atom is 0.128 e. The van der Waals surface area contributed by atoms with E-state index in [1.807, 2.05) is 19.1 Å². The lowest BCUT2D eigenvalue weighted by Crippen LogP contribution is -2.26. The summed E-state index contributed by atoms with van der Waals surface area (Å²) in [5, 5.41) is 9.37. The van der Waals surface area contributed by atoms with Crippen LogP contribution >= 0.6 is 15.9 Å². The molecule has 17 heavy (non-hydrogen) atoms. The number of benzene rings is 1. The van der Waals surface area contributed by atoms with Crippen LogP contribution in [0.15, 0.2) is 16.6 Å². The minimum atomic E-state index is -0.00116. The van der Waals surface area contributed by atoms with E-state index < -0.39 is 0 Å². The van der Waals surface area contributed by atoms with Gasteiger partial charge in [-0.2, -0.15) is 0 Å². The molecule has 0 aromatic heterocycles. The van der Waals surface area contributed by atoms with Crippen LogP contribution in [0.5, 0.6) is 5.75 Å². The molecule has 0 atom stereocenters. The van der Waals surface area contributed by atoms with Gasteiger partial charge in [0.25, 0.3) is 0 Å². The van der Waals surface area contributed by atoms with E-state index in [1.165, 1.54) is 0 Å². The Hall–Kier alpha value is -0.580. The minimum absolute atomic E-state index is 0.00116. The summed E-state index contributed by atoms with van der Waals surface area (Å²) in [6, 6.07) is 3.91. The van der Waals surface area contributed by atoms with E-state index in [0.717, 1.165) is 47.4 Å². The molecule has 0 radical (unpaired) electrons. The van der Waals surface area contributed by atoms with Crippen LogP contribution < -0.4 is 4.74 Å². The van der Waals surface area contributed by atoms with Crippen LogP contribution in [-0.2, 0) is 11.3 Å². The van der Waals surface area contributed by atoms with E-state index in [0.29, 0.717) is 0 Å². The summed E-state index contributed by atoms with van der Waals surface area (Å²) in [4.78, 5) is 0. The summed E-state index contributed by atoms with van der Waals surface area (Å²) in [6.45, 7) is 3.51. The predicted molar refractivity (Wildman–Crippen MR) is 69.3 cm³/mol. The first kappa shape index (κ1) is 12.9. The molecule has 2 rings (SSSR count). The molecule has 1 heterocycles. The van der Waals surface area contributed by atoms with Crippen molar-refractivity contribution in [2.24, 2.45) is 0 Å². The zero-order chi connectivity index (χ0) is 12.3. The van der Waals surface area contributed by atoms with Crippen LogP contribution in [0, 0.1) is 6.92 Å². The van der Waals surface area contributed by atoms with Crippen molar-refractivity contribution in [3.8, 4) is 5.75 Å². The summed E-state index contributed by atoms with van der Waals surface area (Å²) in [5.74, 6) is 0.822. The number of hydrogen-bond acceptors (Lipinski definition) is 3. The van der Waals surface area contributed by atoms with Crippen LogP contribution in [-0.4, -0.2) is 24.4 Å². The lowest BCUT2D eigenvalue weighted by molar-refractivity contribution is 0.0244. The van der Waals surface area contributed by atoms with Crippen molar-refractivity contribution >= 4 is 15.9 Å². The smallest absolute Gasteiger partial charge is 0.128 e. The van der Waals surface area contributed by atoms with Gasteiger partial charge in [0.15, 0.2) is 0 Å². The first-order chi connectivity index (χ1) is 8.20. The lowest BCUT2D eigenvalue weighted by atomic mass is 10.1. The molecule has 4 heteroatoms. The van der Waals surface area contributed by atoms with Gasteiger partial charge in [-0.1, -0.05) is 15.9 Å². The molecule has 1 aliphatic heterocycles. The highest BCUT2D eigenvalue weighted by Gasteiger charge is 2.18. The number of aliphatic hydroxyl groups excluding tert-OH is 1. The molecule has 1 aliphatic rings. The van der Waals surface area contributed by atoms with Crippen LogP contribution in [0.3, 0.4) is 0 Å². The monoisotopic (exact) mass is 300 g/mol. The Morgan fingerprint density at radius 3 is 2.76 bits per heavy atom. The Labute approximate surface area is 110 Å². The SMILES string of the molecule is Cc1cc(Br)cc(CO)c1OC1CCOCC1. The van der Waals surface area contributed by atoms with E-state index in [4.69, 9.17) is 9.47 Å². The highest BCUT2D eigenvalue weighted by molar-refractivity contribution is 9.10. The zero-order valence-corrected chi connectivity index (χ0v) is 11.5. The molecule has 1 aromatic rings. The Bertz CT molecular complexity index is 386. The van der Waals surface area contributed by atoms with E-state index in [1.54, 1.807) is 0 Å². The third kappa shape index (κ3) is 3.21. The van der Waals surface area contributed by atoms with Crippen LogP contribution in [0.4, 0.5) is 0 Å². The van der Waals surface area contributed by atoms with Crippen LogP contribution in [0.1, 0.15) is 24.0 Å². The van der Waals surface area contributed by atoms with Crippen molar-refractivity contribution in [3.05, 3.63) is 27.7 Å². The molecule has 0 aliphatic carbocycles. The summed E-state index contributed by atoms with van der Waals surface area (Å²) in [7, 11) is 0. The van der Waals surface area contributed by atoms with Crippen LogP contribution in [0.25, 0.3) is 0 Å². The highest BCUT2D eigenvalue weighted by Crippen LogP contribution is 2.30. The van der Waals surface area contributed by atoms with E-state index in [-0.39, 0.29) is 12.7 Å². The standard InChI is InChI=1S/C13H17BrO3/c1-9-6-11(14)7-10(8-15)13(9)17-12-2-4-16-5-3-12/h6-7,12,15H,2-5,8H2,1H3. The van der Waals surface area contributed by atoms with Crippen LogP contribution in [0.2, 0.25) is 0 Å². The van der Waals surface area contributed by atoms with E-state index >= 15 is 0 Å². The third-order valence-corrected chi connectivity index (χ3v) is 3.40. The molecule has 1 saturated heterocycles. The fourth-order valence-corrected chi connectivity index (χ4v) is 2.67. The number of aliphatic hydroxyl groups is 1. The second-order valence-corrected chi connectivity index (χ2v) is 5.21. The summed E-state index contributed by atoms with van der Waals surface area (Å²) < 4.78 is 12.3. The Kier molecular flexibility index (Phi) is 4.42. The normalized spacial score (nSPS) is 17.1. The topological polar surface area (TPSA) is 38.7 Å².